The van der Waals surface area contributed by atoms with E-state index in [1.807, 2.05) is 46.8 Å². The van der Waals surface area contributed by atoms with Gasteiger partial charge in [0.25, 0.3) is 0 Å². The van der Waals surface area contributed by atoms with Crippen LogP contribution in [0.15, 0.2) is 30.3 Å². The summed E-state index contributed by atoms with van der Waals surface area (Å²) in [5.74, 6) is 0.515. The van der Waals surface area contributed by atoms with E-state index in [4.69, 9.17) is 9.47 Å². The van der Waals surface area contributed by atoms with Crippen molar-refractivity contribution in [3.63, 3.8) is 0 Å². The Kier molecular flexibility index (Phi) is 7.51. The van der Waals surface area contributed by atoms with Crippen molar-refractivity contribution in [1.82, 2.24) is 0 Å². The fourth-order valence-electron chi connectivity index (χ4n) is 4.81. The maximum absolute atomic E-state index is 14.1. The van der Waals surface area contributed by atoms with Crippen LogP contribution in [0.5, 0.6) is 11.5 Å². The van der Waals surface area contributed by atoms with Crippen LogP contribution in [0.1, 0.15) is 76.9 Å². The first kappa shape index (κ1) is 24.1. The van der Waals surface area contributed by atoms with Gasteiger partial charge in [0.05, 0.1) is 18.8 Å². The first-order valence-corrected chi connectivity index (χ1v) is 12.6. The van der Waals surface area contributed by atoms with E-state index in [1.54, 1.807) is 18.2 Å². The zero-order valence-corrected chi connectivity index (χ0v) is 20.5. The minimum atomic E-state index is -2.50. The highest BCUT2D eigenvalue weighted by Crippen LogP contribution is 2.55. The van der Waals surface area contributed by atoms with Crippen molar-refractivity contribution < 1.29 is 23.6 Å². The molecule has 0 aliphatic heterocycles. The number of ketones is 1. The highest BCUT2D eigenvalue weighted by atomic mass is 31.1. The molecule has 0 radical (unpaired) electrons. The number of aryl methyl sites for hydroxylation is 3. The molecule has 170 valence electrons. The van der Waals surface area contributed by atoms with Gasteiger partial charge in [-0.05, 0) is 70.7 Å². The van der Waals surface area contributed by atoms with Gasteiger partial charge in [0, 0.05) is 12.8 Å². The van der Waals surface area contributed by atoms with Crippen molar-refractivity contribution in [3.8, 4) is 11.5 Å². The summed E-state index contributed by atoms with van der Waals surface area (Å²) in [6.45, 7) is 10.1. The molecule has 0 heterocycles. The van der Waals surface area contributed by atoms with Crippen molar-refractivity contribution >= 4 is 19.1 Å². The molecule has 2 aromatic rings. The first-order valence-electron chi connectivity index (χ1n) is 11.3. The van der Waals surface area contributed by atoms with Crippen molar-refractivity contribution in [2.75, 3.05) is 13.2 Å². The summed E-state index contributed by atoms with van der Waals surface area (Å²) >= 11 is 0. The number of carbonyl (C=O) groups excluding carboxylic acids is 2. The van der Waals surface area contributed by atoms with Gasteiger partial charge in [-0.3, -0.25) is 4.79 Å². The molecule has 6 heteroatoms. The Balaban J connectivity index is 2.11. The summed E-state index contributed by atoms with van der Waals surface area (Å²) in [5, 5.41) is -1.24. The van der Waals surface area contributed by atoms with E-state index in [1.165, 1.54) is 0 Å². The molecule has 32 heavy (non-hydrogen) atoms. The predicted molar refractivity (Wildman–Crippen MR) is 127 cm³/mol. The number of hydrogen-bond acceptors (Lipinski definition) is 5. The monoisotopic (exact) mass is 455 g/mol. The molecule has 0 bridgehead atoms. The largest absolute Gasteiger partial charge is 0.493 e. The molecule has 1 fully saturated rings. The Bertz CT molecular complexity index is 1000. The van der Waals surface area contributed by atoms with Crippen LogP contribution in [0.2, 0.25) is 0 Å². The average Bonchev–Trinajstić information content (AvgIpc) is 3.24. The van der Waals surface area contributed by atoms with Crippen molar-refractivity contribution in [1.29, 1.82) is 0 Å². The van der Waals surface area contributed by atoms with Gasteiger partial charge in [-0.1, -0.05) is 28.3 Å². The molecule has 2 aromatic carbocycles. The van der Waals surface area contributed by atoms with E-state index in [-0.39, 0.29) is 5.78 Å². The van der Waals surface area contributed by atoms with E-state index in [2.05, 4.69) is 0 Å². The third kappa shape index (κ3) is 4.36. The summed E-state index contributed by atoms with van der Waals surface area (Å²) in [7, 11) is -2.50. The Morgan fingerprint density at radius 1 is 0.906 bits per heavy atom. The summed E-state index contributed by atoms with van der Waals surface area (Å²) < 4.78 is 25.4. The molecule has 1 atom stereocenters. The van der Waals surface area contributed by atoms with Gasteiger partial charge in [-0.15, -0.1) is 0 Å². The summed E-state index contributed by atoms with van der Waals surface area (Å²) in [6, 6.07) is 9.07. The third-order valence-electron chi connectivity index (χ3n) is 6.13. The summed E-state index contributed by atoms with van der Waals surface area (Å²) in [6.07, 6.45) is 2.35. The molecular formula is C26H32O5P+. The van der Waals surface area contributed by atoms with Crippen molar-refractivity contribution in [3.05, 3.63) is 58.1 Å². The molecule has 1 aliphatic rings. The molecular weight excluding hydrogens is 423 g/mol. The Morgan fingerprint density at radius 3 is 1.88 bits per heavy atom. The number of hydrogen-bond donors (Lipinski definition) is 0. The number of benzene rings is 2. The fraction of sp³-hybridized carbons (Fsp3) is 0.462. The zero-order valence-electron chi connectivity index (χ0n) is 19.6. The number of carbonyl (C=O) groups is 2. The Labute approximate surface area is 191 Å². The minimum Gasteiger partial charge on any atom is -0.493 e. The molecule has 1 saturated carbocycles. The lowest BCUT2D eigenvalue weighted by atomic mass is 9.93. The lowest BCUT2D eigenvalue weighted by Crippen LogP contribution is -2.34. The van der Waals surface area contributed by atoms with Gasteiger partial charge in [-0.25, -0.2) is 4.79 Å². The molecule has 1 aliphatic carbocycles. The number of ether oxygens (including phenoxy) is 2. The summed E-state index contributed by atoms with van der Waals surface area (Å²) in [5.41, 5.74) is 2.97. The van der Waals surface area contributed by atoms with E-state index in [9.17, 15) is 14.2 Å². The molecule has 0 amide bonds. The lowest BCUT2D eigenvalue weighted by Gasteiger charge is -2.21. The zero-order chi connectivity index (χ0) is 23.5. The van der Waals surface area contributed by atoms with E-state index < -0.39 is 18.5 Å². The van der Waals surface area contributed by atoms with Gasteiger partial charge in [-0.2, -0.15) is 0 Å². The van der Waals surface area contributed by atoms with E-state index >= 15 is 0 Å². The quantitative estimate of drug-likeness (QED) is 0.316. The first-order chi connectivity index (χ1) is 15.3. The van der Waals surface area contributed by atoms with Crippen LogP contribution < -0.4 is 9.47 Å². The van der Waals surface area contributed by atoms with Crippen molar-refractivity contribution in [2.45, 2.75) is 65.5 Å². The SMILES string of the molecule is CCOc1cccc(OCC)c1C(=O)C1([P+](=O)C(=O)c2c(C)cc(C)cc2C)CCCC1. The van der Waals surface area contributed by atoms with E-state index in [0.29, 0.717) is 48.7 Å². The standard InChI is InChI=1S/C26H32O5P/c1-6-30-20-11-10-12-21(31-7-2)23(20)24(27)26(13-8-9-14-26)32(29)25(28)22-18(4)15-17(3)16-19(22)5/h10-12,15-16H,6-9,13-14H2,1-5H3/q+1. The highest BCUT2D eigenvalue weighted by Gasteiger charge is 2.62. The second-order valence-electron chi connectivity index (χ2n) is 8.44. The Morgan fingerprint density at radius 2 is 1.41 bits per heavy atom. The van der Waals surface area contributed by atoms with Gasteiger partial charge >= 0.3 is 13.3 Å². The van der Waals surface area contributed by atoms with Crippen LogP contribution in [0.4, 0.5) is 0 Å². The molecule has 0 spiro atoms. The maximum Gasteiger partial charge on any atom is 0.434 e. The van der Waals surface area contributed by atoms with Gasteiger partial charge in [0.15, 0.2) is 0 Å². The van der Waals surface area contributed by atoms with Gasteiger partial charge in [0.2, 0.25) is 10.9 Å². The Hall–Kier alpha value is -2.52. The molecule has 5 nitrogen and oxygen atoms in total. The normalized spacial score (nSPS) is 15.3. The van der Waals surface area contributed by atoms with Crippen LogP contribution >= 0.6 is 7.80 Å². The highest BCUT2D eigenvalue weighted by molar-refractivity contribution is 7.67. The molecule has 1 unspecified atom stereocenters. The second kappa shape index (κ2) is 9.95. The third-order valence-corrected chi connectivity index (χ3v) is 8.15. The van der Waals surface area contributed by atoms with Crippen LogP contribution in [0.3, 0.4) is 0 Å². The van der Waals surface area contributed by atoms with Crippen molar-refractivity contribution in [2.24, 2.45) is 0 Å². The smallest absolute Gasteiger partial charge is 0.434 e. The maximum atomic E-state index is 14.1. The van der Waals surface area contributed by atoms with Gasteiger partial charge in [0.1, 0.15) is 17.1 Å². The lowest BCUT2D eigenvalue weighted by molar-refractivity contribution is 0.0923. The summed E-state index contributed by atoms with van der Waals surface area (Å²) in [4.78, 5) is 27.6. The molecule has 0 N–H and O–H groups in total. The van der Waals surface area contributed by atoms with Gasteiger partial charge < -0.3 is 9.47 Å². The van der Waals surface area contributed by atoms with Crippen LogP contribution in [0.25, 0.3) is 0 Å². The van der Waals surface area contributed by atoms with Crippen LogP contribution in [-0.2, 0) is 4.57 Å². The second-order valence-corrected chi connectivity index (χ2v) is 10.3. The molecule has 0 aromatic heterocycles. The fourth-order valence-corrected chi connectivity index (χ4v) is 6.78. The van der Waals surface area contributed by atoms with Crippen LogP contribution in [0, 0.1) is 20.8 Å². The predicted octanol–water partition coefficient (Wildman–Crippen LogP) is 6.57. The van der Waals surface area contributed by atoms with E-state index in [0.717, 1.165) is 29.5 Å². The average molecular weight is 456 g/mol. The number of rotatable bonds is 9. The minimum absolute atomic E-state index is 0.298. The topological polar surface area (TPSA) is 69.7 Å². The molecule has 0 saturated heterocycles. The number of Topliss-reactive ketones (excluding diaryl/α,β-unsaturated/α-hetero) is 1. The van der Waals surface area contributed by atoms with Crippen LogP contribution in [-0.4, -0.2) is 29.7 Å². The molecule has 3 rings (SSSR count).